The summed E-state index contributed by atoms with van der Waals surface area (Å²) in [5.74, 6) is -1.44. The fourth-order valence-electron chi connectivity index (χ4n) is 0.668. The van der Waals surface area contributed by atoms with Crippen LogP contribution in [0.1, 0.15) is 5.56 Å². The second kappa shape index (κ2) is 2.62. The molecule has 0 amide bonds. The summed E-state index contributed by atoms with van der Waals surface area (Å²) in [4.78, 5) is 12.4. The quantitative estimate of drug-likeness (QED) is 0.605. The maximum Gasteiger partial charge on any atom is 0.421 e. The molecule has 1 N–H and O–H groups in total. The molecule has 0 bridgehead atoms. The number of pyridine rings is 1. The number of hydrogen-bond acceptors (Lipinski definition) is 1. The van der Waals surface area contributed by atoms with Crippen LogP contribution in [0, 0.1) is 5.82 Å². The first kappa shape index (κ1) is 8.76. The highest BCUT2D eigenvalue weighted by molar-refractivity contribution is 5.14. The SMILES string of the molecule is O=c1c(F)c[nH]cc1C(F)(F)F. The Balaban J connectivity index is 3.37. The summed E-state index contributed by atoms with van der Waals surface area (Å²) in [6.45, 7) is 0. The van der Waals surface area contributed by atoms with Crippen molar-refractivity contribution in [3.63, 3.8) is 0 Å². The first-order valence-corrected chi connectivity index (χ1v) is 2.86. The Labute approximate surface area is 63.8 Å². The number of alkyl halides is 3. The number of aromatic nitrogens is 1. The molecule has 0 atom stereocenters. The standard InChI is InChI=1S/C6H3F4NO/c7-4-2-11-1-3(5(4)12)6(8,9)10/h1-2H,(H,11,12). The van der Waals surface area contributed by atoms with Gasteiger partial charge < -0.3 is 4.98 Å². The van der Waals surface area contributed by atoms with E-state index in [4.69, 9.17) is 0 Å². The lowest BCUT2D eigenvalue weighted by Gasteiger charge is -2.03. The zero-order chi connectivity index (χ0) is 9.35. The average molecular weight is 181 g/mol. The summed E-state index contributed by atoms with van der Waals surface area (Å²) in [7, 11) is 0. The average Bonchev–Trinajstić information content (AvgIpc) is 1.92. The lowest BCUT2D eigenvalue weighted by molar-refractivity contribution is -0.138. The van der Waals surface area contributed by atoms with Crippen LogP contribution in [0.2, 0.25) is 0 Å². The van der Waals surface area contributed by atoms with Crippen LogP contribution < -0.4 is 5.43 Å². The summed E-state index contributed by atoms with van der Waals surface area (Å²) >= 11 is 0. The number of halogens is 4. The van der Waals surface area contributed by atoms with Gasteiger partial charge in [-0.15, -0.1) is 0 Å². The van der Waals surface area contributed by atoms with E-state index in [2.05, 4.69) is 0 Å². The van der Waals surface area contributed by atoms with Crippen molar-refractivity contribution in [1.82, 2.24) is 4.98 Å². The van der Waals surface area contributed by atoms with E-state index in [-0.39, 0.29) is 0 Å². The molecule has 0 aromatic carbocycles. The molecule has 0 saturated heterocycles. The van der Waals surface area contributed by atoms with Crippen LogP contribution in [0.3, 0.4) is 0 Å². The molecule has 0 aliphatic heterocycles. The van der Waals surface area contributed by atoms with Crippen molar-refractivity contribution >= 4 is 0 Å². The Hall–Kier alpha value is -1.33. The van der Waals surface area contributed by atoms with Gasteiger partial charge in [-0.2, -0.15) is 13.2 Å². The van der Waals surface area contributed by atoms with E-state index in [0.29, 0.717) is 12.4 Å². The number of aromatic amines is 1. The Morgan fingerprint density at radius 2 is 1.83 bits per heavy atom. The smallest absolute Gasteiger partial charge is 0.364 e. The van der Waals surface area contributed by atoms with Gasteiger partial charge in [-0.1, -0.05) is 0 Å². The second-order valence-corrected chi connectivity index (χ2v) is 2.04. The first-order chi connectivity index (χ1) is 5.43. The molecule has 1 rings (SSSR count). The van der Waals surface area contributed by atoms with Crippen molar-refractivity contribution in [2.45, 2.75) is 6.18 Å². The van der Waals surface area contributed by atoms with Gasteiger partial charge in [0.2, 0.25) is 5.43 Å². The maximum absolute atomic E-state index is 12.3. The van der Waals surface area contributed by atoms with Gasteiger partial charge in [0.25, 0.3) is 0 Å². The van der Waals surface area contributed by atoms with E-state index >= 15 is 0 Å². The van der Waals surface area contributed by atoms with E-state index < -0.39 is 23.0 Å². The largest absolute Gasteiger partial charge is 0.421 e. The van der Waals surface area contributed by atoms with Gasteiger partial charge in [0.1, 0.15) is 5.56 Å². The molecule has 66 valence electrons. The highest BCUT2D eigenvalue weighted by Crippen LogP contribution is 2.25. The molecule has 0 spiro atoms. The minimum Gasteiger partial charge on any atom is -0.364 e. The Bertz CT molecular complexity index is 340. The van der Waals surface area contributed by atoms with Crippen molar-refractivity contribution in [3.05, 3.63) is 34.0 Å². The van der Waals surface area contributed by atoms with Crippen LogP contribution in [-0.4, -0.2) is 4.98 Å². The van der Waals surface area contributed by atoms with Gasteiger partial charge in [-0.05, 0) is 0 Å². The highest BCUT2D eigenvalue weighted by Gasteiger charge is 2.34. The van der Waals surface area contributed by atoms with E-state index in [9.17, 15) is 22.4 Å². The summed E-state index contributed by atoms with van der Waals surface area (Å²) in [6.07, 6.45) is -3.82. The number of H-pyrrole nitrogens is 1. The molecule has 6 heteroatoms. The van der Waals surface area contributed by atoms with E-state index in [1.54, 1.807) is 0 Å². The molecule has 12 heavy (non-hydrogen) atoms. The summed E-state index contributed by atoms with van der Waals surface area (Å²) in [5.41, 5.74) is -3.16. The van der Waals surface area contributed by atoms with Crippen LogP contribution in [0.15, 0.2) is 17.2 Å². The molecule has 0 fully saturated rings. The molecular formula is C6H3F4NO. The van der Waals surface area contributed by atoms with E-state index in [0.717, 1.165) is 0 Å². The summed E-state index contributed by atoms with van der Waals surface area (Å²) in [5, 5.41) is 0. The van der Waals surface area contributed by atoms with Crippen molar-refractivity contribution < 1.29 is 17.6 Å². The lowest BCUT2D eigenvalue weighted by Crippen LogP contribution is -2.21. The van der Waals surface area contributed by atoms with Gasteiger partial charge >= 0.3 is 6.18 Å². The first-order valence-electron chi connectivity index (χ1n) is 2.86. The van der Waals surface area contributed by atoms with Crippen molar-refractivity contribution in [2.75, 3.05) is 0 Å². The predicted molar refractivity (Wildman–Crippen MR) is 32.0 cm³/mol. The molecule has 2 nitrogen and oxygen atoms in total. The molecule has 0 aliphatic rings. The Morgan fingerprint density at radius 3 is 2.25 bits per heavy atom. The van der Waals surface area contributed by atoms with Crippen LogP contribution in [0.25, 0.3) is 0 Å². The Morgan fingerprint density at radius 1 is 1.25 bits per heavy atom. The maximum atomic E-state index is 12.3. The molecular weight excluding hydrogens is 178 g/mol. The Kier molecular flexibility index (Phi) is 1.91. The molecule has 1 heterocycles. The highest BCUT2D eigenvalue weighted by atomic mass is 19.4. The lowest BCUT2D eigenvalue weighted by atomic mass is 10.2. The molecule has 0 saturated carbocycles. The predicted octanol–water partition coefficient (Wildman–Crippen LogP) is 1.53. The van der Waals surface area contributed by atoms with E-state index in [1.165, 1.54) is 0 Å². The molecule has 1 aromatic heterocycles. The fourth-order valence-corrected chi connectivity index (χ4v) is 0.668. The normalized spacial score (nSPS) is 11.7. The third-order valence-electron chi connectivity index (χ3n) is 1.20. The number of hydrogen-bond donors (Lipinski definition) is 1. The van der Waals surface area contributed by atoms with Crippen LogP contribution in [0.5, 0.6) is 0 Å². The molecule has 0 radical (unpaired) electrons. The molecule has 1 aromatic rings. The molecule has 0 aliphatic carbocycles. The zero-order valence-electron chi connectivity index (χ0n) is 5.57. The summed E-state index contributed by atoms with van der Waals surface area (Å²) < 4.78 is 47.8. The van der Waals surface area contributed by atoms with Crippen LogP contribution >= 0.6 is 0 Å². The van der Waals surface area contributed by atoms with Crippen molar-refractivity contribution in [3.8, 4) is 0 Å². The monoisotopic (exact) mass is 181 g/mol. The van der Waals surface area contributed by atoms with Crippen LogP contribution in [-0.2, 0) is 6.18 Å². The van der Waals surface area contributed by atoms with Gasteiger partial charge in [-0.3, -0.25) is 4.79 Å². The van der Waals surface area contributed by atoms with Gasteiger partial charge in [0.05, 0.1) is 0 Å². The zero-order valence-corrected chi connectivity index (χ0v) is 5.57. The summed E-state index contributed by atoms with van der Waals surface area (Å²) in [6, 6.07) is 0. The number of nitrogens with one attached hydrogen (secondary N) is 1. The minimum atomic E-state index is -4.81. The minimum absolute atomic E-state index is 0.422. The van der Waals surface area contributed by atoms with Crippen LogP contribution in [0.4, 0.5) is 17.6 Å². The topological polar surface area (TPSA) is 32.9 Å². The van der Waals surface area contributed by atoms with Gasteiger partial charge in [-0.25, -0.2) is 4.39 Å². The van der Waals surface area contributed by atoms with Crippen molar-refractivity contribution in [2.24, 2.45) is 0 Å². The fraction of sp³-hybridized carbons (Fsp3) is 0.167. The molecule has 0 unspecified atom stereocenters. The second-order valence-electron chi connectivity index (χ2n) is 2.04. The third-order valence-corrected chi connectivity index (χ3v) is 1.20. The number of rotatable bonds is 0. The third kappa shape index (κ3) is 1.46. The van der Waals surface area contributed by atoms with Crippen molar-refractivity contribution in [1.29, 1.82) is 0 Å². The van der Waals surface area contributed by atoms with E-state index in [1.807, 2.05) is 4.98 Å². The van der Waals surface area contributed by atoms with Gasteiger partial charge in [0.15, 0.2) is 5.82 Å². The van der Waals surface area contributed by atoms with Gasteiger partial charge in [0, 0.05) is 12.4 Å².